The van der Waals surface area contributed by atoms with Gasteiger partial charge in [-0.15, -0.1) is 0 Å². The lowest BCUT2D eigenvalue weighted by Crippen LogP contribution is -2.36. The molecule has 1 saturated heterocycles. The molecule has 152 valence electrons. The first kappa shape index (κ1) is 20.2. The molecule has 0 radical (unpaired) electrons. The van der Waals surface area contributed by atoms with Crippen molar-refractivity contribution in [3.8, 4) is 11.3 Å². The number of cyclic esters (lactones) is 1. The molecule has 0 aromatic carbocycles. The van der Waals surface area contributed by atoms with E-state index in [1.807, 2.05) is 24.3 Å². The molecule has 2 aromatic heterocycles. The third-order valence-corrected chi connectivity index (χ3v) is 5.36. The van der Waals surface area contributed by atoms with Crippen LogP contribution in [-0.2, 0) is 9.53 Å². The lowest BCUT2D eigenvalue weighted by Gasteiger charge is -2.15. The monoisotopic (exact) mass is 440 g/mol. The molecule has 2 amide bonds. The highest BCUT2D eigenvalue weighted by Gasteiger charge is 2.33. The molecule has 1 aliphatic carbocycles. The lowest BCUT2D eigenvalue weighted by molar-refractivity contribution is -0.117. The van der Waals surface area contributed by atoms with E-state index in [0.717, 1.165) is 11.3 Å². The minimum Gasteiger partial charge on any atom is -0.442 e. The van der Waals surface area contributed by atoms with E-state index in [9.17, 15) is 9.59 Å². The smallest absolute Gasteiger partial charge is 0.414 e. The molecule has 0 spiro atoms. The summed E-state index contributed by atoms with van der Waals surface area (Å²) in [7, 11) is 0. The minimum absolute atomic E-state index is 0.172. The Kier molecular flexibility index (Phi) is 5.87. The average Bonchev–Trinajstić information content (AvgIpc) is 3.15. The number of rotatable bonds is 5. The van der Waals surface area contributed by atoms with E-state index in [1.165, 1.54) is 4.90 Å². The van der Waals surface area contributed by atoms with Crippen LogP contribution in [0.25, 0.3) is 11.3 Å². The normalized spacial score (nSPS) is 18.6. The summed E-state index contributed by atoms with van der Waals surface area (Å²) in [6.07, 6.45) is 7.82. The zero-order valence-corrected chi connectivity index (χ0v) is 17.3. The van der Waals surface area contributed by atoms with E-state index in [1.54, 1.807) is 30.7 Å². The summed E-state index contributed by atoms with van der Waals surface area (Å²) >= 11 is 11.2. The second kappa shape index (κ2) is 8.73. The summed E-state index contributed by atoms with van der Waals surface area (Å²) in [5.41, 5.74) is 2.71. The van der Waals surface area contributed by atoms with Crippen molar-refractivity contribution in [3.05, 3.63) is 65.6 Å². The van der Waals surface area contributed by atoms with Crippen LogP contribution in [0, 0.1) is 0 Å². The van der Waals surface area contributed by atoms with Gasteiger partial charge in [-0.1, -0.05) is 29.9 Å². The van der Waals surface area contributed by atoms with Gasteiger partial charge in [-0.3, -0.25) is 19.7 Å². The third kappa shape index (κ3) is 4.39. The number of halogens is 1. The standard InChI is InChI=1S/C21H17ClN4O3S/c22-14-1-4-19(30)17(9-14)20(27)25-11-16-12-26(21(28)29-16)15-2-3-18(24-10-15)13-5-7-23-8-6-13/h1-3,5-10,16H,4,11-12H2,(H,25,27)/t16-/m0/s1. The van der Waals surface area contributed by atoms with Crippen LogP contribution in [0.15, 0.2) is 65.6 Å². The number of ether oxygens (including phenoxy) is 1. The molecule has 0 bridgehead atoms. The first-order chi connectivity index (χ1) is 14.5. The van der Waals surface area contributed by atoms with Crippen molar-refractivity contribution < 1.29 is 14.3 Å². The molecule has 1 N–H and O–H groups in total. The number of hydrogen-bond donors (Lipinski definition) is 1. The van der Waals surface area contributed by atoms with Gasteiger partial charge >= 0.3 is 6.09 Å². The number of carbonyl (C=O) groups excluding carboxylic acids is 2. The molecule has 30 heavy (non-hydrogen) atoms. The Morgan fingerprint density at radius 3 is 2.83 bits per heavy atom. The van der Waals surface area contributed by atoms with Crippen LogP contribution >= 0.6 is 23.8 Å². The maximum absolute atomic E-state index is 12.4. The van der Waals surface area contributed by atoms with Crippen molar-refractivity contribution in [3.63, 3.8) is 0 Å². The van der Waals surface area contributed by atoms with Crippen molar-refractivity contribution in [2.24, 2.45) is 0 Å². The van der Waals surface area contributed by atoms with Gasteiger partial charge in [-0.2, -0.15) is 0 Å². The number of amides is 2. The van der Waals surface area contributed by atoms with Crippen molar-refractivity contribution in [1.82, 2.24) is 15.3 Å². The maximum Gasteiger partial charge on any atom is 0.414 e. The van der Waals surface area contributed by atoms with E-state index >= 15 is 0 Å². The molecule has 1 atom stereocenters. The van der Waals surface area contributed by atoms with Crippen LogP contribution in [0.4, 0.5) is 10.5 Å². The Morgan fingerprint density at radius 2 is 2.10 bits per heavy atom. The fourth-order valence-electron chi connectivity index (χ4n) is 3.15. The topological polar surface area (TPSA) is 84.4 Å². The van der Waals surface area contributed by atoms with Crippen LogP contribution in [0.1, 0.15) is 6.42 Å². The van der Waals surface area contributed by atoms with Gasteiger partial charge in [0.25, 0.3) is 5.91 Å². The number of anilines is 1. The average molecular weight is 441 g/mol. The molecular formula is C21H17ClN4O3S. The van der Waals surface area contributed by atoms with Crippen molar-refractivity contribution in [1.29, 1.82) is 0 Å². The largest absolute Gasteiger partial charge is 0.442 e. The number of pyridine rings is 2. The van der Waals surface area contributed by atoms with E-state index in [2.05, 4.69) is 15.3 Å². The summed E-state index contributed by atoms with van der Waals surface area (Å²) in [5.74, 6) is -0.330. The highest BCUT2D eigenvalue weighted by Crippen LogP contribution is 2.24. The van der Waals surface area contributed by atoms with Crippen LogP contribution < -0.4 is 10.2 Å². The molecule has 3 heterocycles. The Hall–Kier alpha value is -3.10. The number of nitrogens with one attached hydrogen (secondary N) is 1. The summed E-state index contributed by atoms with van der Waals surface area (Å²) < 4.78 is 5.38. The van der Waals surface area contributed by atoms with Crippen LogP contribution in [0.5, 0.6) is 0 Å². The molecule has 1 fully saturated rings. The molecule has 1 aliphatic heterocycles. The number of aromatic nitrogens is 2. The van der Waals surface area contributed by atoms with E-state index in [0.29, 0.717) is 34.1 Å². The summed E-state index contributed by atoms with van der Waals surface area (Å²) in [6, 6.07) is 7.37. The maximum atomic E-state index is 12.4. The van der Waals surface area contributed by atoms with Gasteiger partial charge in [-0.25, -0.2) is 4.79 Å². The van der Waals surface area contributed by atoms with Crippen LogP contribution in [-0.4, -0.2) is 46.0 Å². The highest BCUT2D eigenvalue weighted by atomic mass is 35.5. The van der Waals surface area contributed by atoms with E-state index in [-0.39, 0.29) is 12.5 Å². The predicted octanol–water partition coefficient (Wildman–Crippen LogP) is 3.41. The molecular weight excluding hydrogens is 424 g/mol. The van der Waals surface area contributed by atoms with E-state index < -0.39 is 12.2 Å². The highest BCUT2D eigenvalue weighted by molar-refractivity contribution is 7.81. The van der Waals surface area contributed by atoms with Crippen molar-refractivity contribution in [2.45, 2.75) is 12.5 Å². The molecule has 0 saturated carbocycles. The van der Waals surface area contributed by atoms with Crippen LogP contribution in [0.3, 0.4) is 0 Å². The minimum atomic E-state index is -0.481. The first-order valence-electron chi connectivity index (χ1n) is 9.24. The Bertz CT molecular complexity index is 1050. The predicted molar refractivity (Wildman–Crippen MR) is 117 cm³/mol. The van der Waals surface area contributed by atoms with Gasteiger partial charge in [-0.05, 0) is 30.3 Å². The van der Waals surface area contributed by atoms with Crippen molar-refractivity contribution >= 4 is 46.4 Å². The molecule has 7 nitrogen and oxygen atoms in total. The summed E-state index contributed by atoms with van der Waals surface area (Å²) in [6.45, 7) is 0.477. The summed E-state index contributed by atoms with van der Waals surface area (Å²) in [4.78, 5) is 35.1. The van der Waals surface area contributed by atoms with Gasteiger partial charge in [0, 0.05) is 34.3 Å². The molecule has 0 unspecified atom stereocenters. The lowest BCUT2D eigenvalue weighted by atomic mass is 10.0. The Morgan fingerprint density at radius 1 is 1.30 bits per heavy atom. The Balaban J connectivity index is 1.37. The number of carbonyl (C=O) groups is 2. The van der Waals surface area contributed by atoms with Gasteiger partial charge in [0.1, 0.15) is 6.10 Å². The zero-order chi connectivity index (χ0) is 21.1. The zero-order valence-electron chi connectivity index (χ0n) is 15.7. The summed E-state index contributed by atoms with van der Waals surface area (Å²) in [5, 5.41) is 3.24. The fourth-order valence-corrected chi connectivity index (χ4v) is 3.57. The molecule has 9 heteroatoms. The van der Waals surface area contributed by atoms with Crippen LogP contribution in [0.2, 0.25) is 0 Å². The number of thiocarbonyl (C=S) groups is 1. The third-order valence-electron chi connectivity index (χ3n) is 4.71. The van der Waals surface area contributed by atoms with Gasteiger partial charge in [0.15, 0.2) is 0 Å². The fraction of sp³-hybridized carbons (Fsp3) is 0.190. The molecule has 2 aliphatic rings. The van der Waals surface area contributed by atoms with E-state index in [4.69, 9.17) is 28.6 Å². The first-order valence-corrected chi connectivity index (χ1v) is 10.0. The van der Waals surface area contributed by atoms with Crippen molar-refractivity contribution in [2.75, 3.05) is 18.0 Å². The number of nitrogens with zero attached hydrogens (tertiary/aromatic N) is 3. The van der Waals surface area contributed by atoms with Gasteiger partial charge in [0.05, 0.1) is 36.2 Å². The van der Waals surface area contributed by atoms with Gasteiger partial charge < -0.3 is 10.1 Å². The second-order valence-electron chi connectivity index (χ2n) is 6.74. The Labute approximate surface area is 183 Å². The number of allylic oxidation sites excluding steroid dienone is 3. The molecule has 4 rings (SSSR count). The quantitative estimate of drug-likeness (QED) is 0.717. The van der Waals surface area contributed by atoms with Gasteiger partial charge in [0.2, 0.25) is 0 Å². The molecule has 2 aromatic rings. The number of hydrogen-bond acceptors (Lipinski definition) is 6. The SMILES string of the molecule is O=C(NC[C@H]1CN(c2ccc(-c3ccncc3)nc2)C(=O)O1)C1=CC(Cl)=CCC1=S. The second-order valence-corrected chi connectivity index (χ2v) is 7.67.